The molecule has 0 aliphatic rings. The predicted octanol–water partition coefficient (Wildman–Crippen LogP) is 3.36. The minimum atomic E-state index is 0.907. The standard InChI is InChI=1S/C14H18N2S/c1-10-4-5-11(2)13(6-10)7-15-8-14-12(3)16-9-17-14/h4-6,9,15H,7-8H2,1-3H3. The second kappa shape index (κ2) is 5.43. The van der Waals surface area contributed by atoms with Gasteiger partial charge in [0, 0.05) is 18.0 Å². The summed E-state index contributed by atoms with van der Waals surface area (Å²) in [4.78, 5) is 5.58. The minimum absolute atomic E-state index is 0.907. The van der Waals surface area contributed by atoms with Crippen molar-refractivity contribution in [2.24, 2.45) is 0 Å². The molecule has 0 unspecified atom stereocenters. The van der Waals surface area contributed by atoms with E-state index in [0.29, 0.717) is 0 Å². The van der Waals surface area contributed by atoms with Crippen LogP contribution in [-0.2, 0) is 13.1 Å². The Bertz CT molecular complexity index is 503. The number of hydrogen-bond acceptors (Lipinski definition) is 3. The van der Waals surface area contributed by atoms with Crippen LogP contribution in [0.4, 0.5) is 0 Å². The van der Waals surface area contributed by atoms with E-state index < -0.39 is 0 Å². The van der Waals surface area contributed by atoms with Crippen LogP contribution in [0.3, 0.4) is 0 Å². The molecule has 2 nitrogen and oxygen atoms in total. The van der Waals surface area contributed by atoms with Gasteiger partial charge in [-0.2, -0.15) is 0 Å². The molecule has 1 heterocycles. The largest absolute Gasteiger partial charge is 0.308 e. The molecule has 0 spiro atoms. The first-order valence-electron chi connectivity index (χ1n) is 5.82. The van der Waals surface area contributed by atoms with E-state index in [9.17, 15) is 0 Å². The van der Waals surface area contributed by atoms with Gasteiger partial charge in [0.1, 0.15) is 0 Å². The molecular weight excluding hydrogens is 228 g/mol. The predicted molar refractivity (Wildman–Crippen MR) is 73.3 cm³/mol. The van der Waals surface area contributed by atoms with Crippen molar-refractivity contribution in [2.75, 3.05) is 0 Å². The number of nitrogens with zero attached hydrogens (tertiary/aromatic N) is 1. The summed E-state index contributed by atoms with van der Waals surface area (Å²) < 4.78 is 0. The molecule has 0 atom stereocenters. The second-order valence-electron chi connectivity index (χ2n) is 4.39. The van der Waals surface area contributed by atoms with E-state index in [1.165, 1.54) is 21.6 Å². The Balaban J connectivity index is 1.94. The fourth-order valence-corrected chi connectivity index (χ4v) is 2.54. The fraction of sp³-hybridized carbons (Fsp3) is 0.357. The van der Waals surface area contributed by atoms with Gasteiger partial charge < -0.3 is 5.32 Å². The van der Waals surface area contributed by atoms with E-state index in [-0.39, 0.29) is 0 Å². The zero-order valence-corrected chi connectivity index (χ0v) is 11.4. The summed E-state index contributed by atoms with van der Waals surface area (Å²) in [6, 6.07) is 6.60. The molecule has 90 valence electrons. The highest BCUT2D eigenvalue weighted by Crippen LogP contribution is 2.13. The van der Waals surface area contributed by atoms with Crippen LogP contribution in [0.25, 0.3) is 0 Å². The number of rotatable bonds is 4. The number of aryl methyl sites for hydroxylation is 3. The van der Waals surface area contributed by atoms with E-state index in [1.54, 1.807) is 11.3 Å². The Morgan fingerprint density at radius 1 is 1.18 bits per heavy atom. The summed E-state index contributed by atoms with van der Waals surface area (Å²) in [5.41, 5.74) is 7.10. The molecule has 1 aromatic carbocycles. The first-order chi connectivity index (χ1) is 8.16. The molecule has 2 rings (SSSR count). The smallest absolute Gasteiger partial charge is 0.0798 e. The van der Waals surface area contributed by atoms with Crippen LogP contribution in [-0.4, -0.2) is 4.98 Å². The Hall–Kier alpha value is -1.19. The second-order valence-corrected chi connectivity index (χ2v) is 5.33. The molecule has 0 aliphatic carbocycles. The molecule has 0 saturated heterocycles. The lowest BCUT2D eigenvalue weighted by Gasteiger charge is -2.08. The van der Waals surface area contributed by atoms with Crippen molar-refractivity contribution < 1.29 is 0 Å². The molecule has 1 aromatic heterocycles. The Morgan fingerprint density at radius 2 is 2.00 bits per heavy atom. The van der Waals surface area contributed by atoms with Crippen molar-refractivity contribution in [2.45, 2.75) is 33.9 Å². The summed E-state index contributed by atoms with van der Waals surface area (Å²) in [6.07, 6.45) is 0. The molecule has 1 N–H and O–H groups in total. The molecule has 0 saturated carbocycles. The van der Waals surface area contributed by atoms with Gasteiger partial charge in [0.2, 0.25) is 0 Å². The molecule has 2 aromatic rings. The normalized spacial score (nSPS) is 10.8. The van der Waals surface area contributed by atoms with Gasteiger partial charge in [0.15, 0.2) is 0 Å². The molecule has 0 bridgehead atoms. The number of thiazole rings is 1. The van der Waals surface area contributed by atoms with Gasteiger partial charge in [0.05, 0.1) is 11.2 Å². The van der Waals surface area contributed by atoms with Crippen molar-refractivity contribution in [3.8, 4) is 0 Å². The molecule has 0 amide bonds. The molecular formula is C14H18N2S. The van der Waals surface area contributed by atoms with Crippen molar-refractivity contribution >= 4 is 11.3 Å². The topological polar surface area (TPSA) is 24.9 Å². The summed E-state index contributed by atoms with van der Waals surface area (Å²) in [5, 5.41) is 3.48. The molecule has 3 heteroatoms. The van der Waals surface area contributed by atoms with Gasteiger partial charge in [-0.05, 0) is 31.9 Å². The number of nitrogens with one attached hydrogen (secondary N) is 1. The molecule has 0 fully saturated rings. The lowest BCUT2D eigenvalue weighted by Crippen LogP contribution is -2.13. The van der Waals surface area contributed by atoms with Gasteiger partial charge in [-0.1, -0.05) is 23.8 Å². The van der Waals surface area contributed by atoms with Crippen molar-refractivity contribution in [1.82, 2.24) is 10.3 Å². The lowest BCUT2D eigenvalue weighted by molar-refractivity contribution is 0.694. The quantitative estimate of drug-likeness (QED) is 0.894. The number of aromatic nitrogens is 1. The zero-order valence-electron chi connectivity index (χ0n) is 10.6. The Morgan fingerprint density at radius 3 is 2.71 bits per heavy atom. The Kier molecular flexibility index (Phi) is 3.92. The Labute approximate surface area is 107 Å². The summed E-state index contributed by atoms with van der Waals surface area (Å²) in [6.45, 7) is 8.19. The highest BCUT2D eigenvalue weighted by molar-refractivity contribution is 7.09. The van der Waals surface area contributed by atoms with Crippen LogP contribution in [0.2, 0.25) is 0 Å². The third-order valence-electron chi connectivity index (χ3n) is 2.95. The summed E-state index contributed by atoms with van der Waals surface area (Å²) in [7, 11) is 0. The highest BCUT2D eigenvalue weighted by Gasteiger charge is 2.02. The van der Waals surface area contributed by atoms with Crippen LogP contribution in [0.15, 0.2) is 23.7 Å². The van der Waals surface area contributed by atoms with Gasteiger partial charge in [-0.15, -0.1) is 11.3 Å². The van der Waals surface area contributed by atoms with Crippen LogP contribution in [0.1, 0.15) is 27.3 Å². The van der Waals surface area contributed by atoms with Gasteiger partial charge in [0.25, 0.3) is 0 Å². The van der Waals surface area contributed by atoms with Crippen LogP contribution in [0, 0.1) is 20.8 Å². The maximum absolute atomic E-state index is 4.25. The van der Waals surface area contributed by atoms with Crippen molar-refractivity contribution in [1.29, 1.82) is 0 Å². The van der Waals surface area contributed by atoms with Crippen LogP contribution >= 0.6 is 11.3 Å². The summed E-state index contributed by atoms with van der Waals surface area (Å²) >= 11 is 1.72. The maximum Gasteiger partial charge on any atom is 0.0798 e. The minimum Gasteiger partial charge on any atom is -0.308 e. The summed E-state index contributed by atoms with van der Waals surface area (Å²) in [5.74, 6) is 0. The van der Waals surface area contributed by atoms with Gasteiger partial charge in [-0.3, -0.25) is 0 Å². The molecule has 0 aliphatic heterocycles. The van der Waals surface area contributed by atoms with Crippen LogP contribution < -0.4 is 5.32 Å². The maximum atomic E-state index is 4.25. The monoisotopic (exact) mass is 246 g/mol. The number of hydrogen-bond donors (Lipinski definition) is 1. The third-order valence-corrected chi connectivity index (χ3v) is 3.89. The third kappa shape index (κ3) is 3.14. The average Bonchev–Trinajstić information content (AvgIpc) is 2.70. The number of benzene rings is 1. The average molecular weight is 246 g/mol. The van der Waals surface area contributed by atoms with E-state index in [4.69, 9.17) is 0 Å². The first kappa shape index (κ1) is 12.3. The van der Waals surface area contributed by atoms with E-state index >= 15 is 0 Å². The van der Waals surface area contributed by atoms with Gasteiger partial charge in [-0.25, -0.2) is 4.98 Å². The first-order valence-corrected chi connectivity index (χ1v) is 6.70. The molecule has 17 heavy (non-hydrogen) atoms. The van der Waals surface area contributed by atoms with Crippen LogP contribution in [0.5, 0.6) is 0 Å². The highest BCUT2D eigenvalue weighted by atomic mass is 32.1. The van der Waals surface area contributed by atoms with Crippen molar-refractivity contribution in [3.63, 3.8) is 0 Å². The molecule has 0 radical (unpaired) electrons. The fourth-order valence-electron chi connectivity index (χ4n) is 1.80. The van der Waals surface area contributed by atoms with E-state index in [2.05, 4.69) is 49.3 Å². The van der Waals surface area contributed by atoms with E-state index in [0.717, 1.165) is 18.8 Å². The lowest BCUT2D eigenvalue weighted by atomic mass is 10.1. The van der Waals surface area contributed by atoms with Crippen molar-refractivity contribution in [3.05, 3.63) is 51.0 Å². The van der Waals surface area contributed by atoms with E-state index in [1.807, 2.05) is 5.51 Å². The van der Waals surface area contributed by atoms with Gasteiger partial charge >= 0.3 is 0 Å². The SMILES string of the molecule is Cc1ccc(C)c(CNCc2scnc2C)c1. The zero-order chi connectivity index (χ0) is 12.3.